The number of benzene rings is 2. The van der Waals surface area contributed by atoms with Gasteiger partial charge < -0.3 is 14.5 Å². The predicted octanol–water partition coefficient (Wildman–Crippen LogP) is 4.35. The van der Waals surface area contributed by atoms with Gasteiger partial charge in [0.05, 0.1) is 18.0 Å². The largest absolute Gasteiger partial charge is 0.491 e. The molecule has 3 aromatic rings. The minimum absolute atomic E-state index is 0.322. The Labute approximate surface area is 191 Å². The lowest BCUT2D eigenvalue weighted by Crippen LogP contribution is -2.44. The lowest BCUT2D eigenvalue weighted by molar-refractivity contribution is 0.309. The van der Waals surface area contributed by atoms with Crippen molar-refractivity contribution >= 4 is 54.4 Å². The highest BCUT2D eigenvalue weighted by atomic mass is 35.5. The molecule has 2 aromatic carbocycles. The first-order valence-corrected chi connectivity index (χ1v) is 12.9. The highest BCUT2D eigenvalue weighted by Crippen LogP contribution is 2.41. The summed E-state index contributed by atoms with van der Waals surface area (Å²) in [5.74, 6) is 0.889. The Morgan fingerprint density at radius 1 is 1.13 bits per heavy atom. The number of nitrogens with one attached hydrogen (secondary N) is 1. The van der Waals surface area contributed by atoms with E-state index < -0.39 is 10.0 Å². The second-order valence-corrected chi connectivity index (χ2v) is 11.5. The molecule has 0 spiro atoms. The topological polar surface area (TPSA) is 61.9 Å². The Bertz CT molecular complexity index is 1260. The first kappa shape index (κ1) is 20.9. The number of likely N-dealkylation sites (N-methyl/N-ethyl adjacent to an activating group) is 1. The molecule has 1 saturated heterocycles. The van der Waals surface area contributed by atoms with Crippen molar-refractivity contribution in [3.63, 3.8) is 0 Å². The van der Waals surface area contributed by atoms with Crippen LogP contribution in [0.1, 0.15) is 11.1 Å². The molecule has 31 heavy (non-hydrogen) atoms. The Morgan fingerprint density at radius 3 is 2.68 bits per heavy atom. The summed E-state index contributed by atoms with van der Waals surface area (Å²) in [5.41, 5.74) is 3.32. The monoisotopic (exact) mass is 477 g/mol. The summed E-state index contributed by atoms with van der Waals surface area (Å²) in [7, 11) is -1.62. The maximum Gasteiger partial charge on any atom is 0.271 e. The van der Waals surface area contributed by atoms with Crippen LogP contribution < -0.4 is 14.4 Å². The molecule has 3 heterocycles. The summed E-state index contributed by atoms with van der Waals surface area (Å²) < 4.78 is 36.6. The summed E-state index contributed by atoms with van der Waals surface area (Å²) in [6, 6.07) is 9.28. The number of ether oxygens (including phenoxy) is 1. The normalized spacial score (nSPS) is 17.1. The van der Waals surface area contributed by atoms with E-state index in [0.717, 1.165) is 65.2 Å². The third kappa shape index (κ3) is 3.86. The predicted molar refractivity (Wildman–Crippen MR) is 128 cm³/mol. The molecule has 0 aliphatic carbocycles. The SMILES string of the molecule is Cc1c(S(=O)(=O)Nc2cc3c(c(N4CCN(C)CC4)c2)OCC3)sc2ccc(Cl)cc12. The van der Waals surface area contributed by atoms with Crippen LogP contribution in [0, 0.1) is 6.92 Å². The van der Waals surface area contributed by atoms with Crippen LogP contribution in [0.4, 0.5) is 11.4 Å². The number of halogens is 1. The third-order valence-electron chi connectivity index (χ3n) is 5.96. The number of aryl methyl sites for hydroxylation is 1. The average Bonchev–Trinajstić information content (AvgIpc) is 3.33. The molecule has 0 saturated carbocycles. The summed E-state index contributed by atoms with van der Waals surface area (Å²) in [5, 5.41) is 1.47. The molecular weight excluding hydrogens is 454 g/mol. The Morgan fingerprint density at radius 2 is 1.90 bits per heavy atom. The number of rotatable bonds is 4. The van der Waals surface area contributed by atoms with Crippen LogP contribution in [0.3, 0.4) is 0 Å². The minimum Gasteiger partial charge on any atom is -0.491 e. The molecule has 0 radical (unpaired) electrons. The summed E-state index contributed by atoms with van der Waals surface area (Å²) in [6.07, 6.45) is 0.784. The summed E-state index contributed by atoms with van der Waals surface area (Å²) in [4.78, 5) is 4.58. The molecule has 0 unspecified atom stereocenters. The van der Waals surface area contributed by atoms with Crippen molar-refractivity contribution in [2.24, 2.45) is 0 Å². The Kier molecular flexibility index (Phi) is 5.29. The standard InChI is InChI=1S/C22H24ClN3O3S2/c1-14-18-12-16(23)3-4-20(18)30-22(14)31(27,28)24-17-11-15-5-10-29-21(15)19(13-17)26-8-6-25(2)7-9-26/h3-4,11-13,24H,5-10H2,1-2H3. The van der Waals surface area contributed by atoms with Crippen molar-refractivity contribution in [3.8, 4) is 5.75 Å². The molecule has 5 rings (SSSR count). The number of anilines is 2. The first-order chi connectivity index (χ1) is 14.8. The number of fused-ring (bicyclic) bond motifs is 2. The summed E-state index contributed by atoms with van der Waals surface area (Å²) in [6.45, 7) is 6.16. The van der Waals surface area contributed by atoms with Gasteiger partial charge in [0.15, 0.2) is 0 Å². The molecule has 1 aromatic heterocycles. The molecular formula is C22H24ClN3O3S2. The Hall–Kier alpha value is -2.00. The van der Waals surface area contributed by atoms with E-state index in [9.17, 15) is 8.42 Å². The van der Waals surface area contributed by atoms with Crippen LogP contribution >= 0.6 is 22.9 Å². The van der Waals surface area contributed by atoms with Gasteiger partial charge in [-0.25, -0.2) is 8.42 Å². The fourth-order valence-electron chi connectivity index (χ4n) is 4.26. The second-order valence-electron chi connectivity index (χ2n) is 8.13. The first-order valence-electron chi connectivity index (χ1n) is 10.3. The van der Waals surface area contributed by atoms with Crippen molar-refractivity contribution in [3.05, 3.63) is 46.5 Å². The second kappa shape index (κ2) is 7.85. The van der Waals surface area contributed by atoms with E-state index in [1.54, 1.807) is 6.07 Å². The lowest BCUT2D eigenvalue weighted by atomic mass is 10.1. The average molecular weight is 478 g/mol. The lowest BCUT2D eigenvalue weighted by Gasteiger charge is -2.35. The Balaban J connectivity index is 1.51. The van der Waals surface area contributed by atoms with Gasteiger partial charge in [-0.15, -0.1) is 11.3 Å². The van der Waals surface area contributed by atoms with Gasteiger partial charge in [0.25, 0.3) is 10.0 Å². The van der Waals surface area contributed by atoms with E-state index in [-0.39, 0.29) is 0 Å². The molecule has 2 aliphatic rings. The number of hydrogen-bond acceptors (Lipinski definition) is 6. The van der Waals surface area contributed by atoms with Crippen molar-refractivity contribution < 1.29 is 13.2 Å². The molecule has 2 aliphatic heterocycles. The van der Waals surface area contributed by atoms with E-state index in [4.69, 9.17) is 16.3 Å². The van der Waals surface area contributed by atoms with Crippen LogP contribution in [0.15, 0.2) is 34.5 Å². The van der Waals surface area contributed by atoms with Crippen LogP contribution in [-0.2, 0) is 16.4 Å². The number of hydrogen-bond donors (Lipinski definition) is 1. The van der Waals surface area contributed by atoms with Crippen LogP contribution in [0.25, 0.3) is 10.1 Å². The zero-order valence-electron chi connectivity index (χ0n) is 17.4. The zero-order valence-corrected chi connectivity index (χ0v) is 19.8. The molecule has 9 heteroatoms. The quantitative estimate of drug-likeness (QED) is 0.605. The third-order valence-corrected chi connectivity index (χ3v) is 9.47. The molecule has 0 bridgehead atoms. The van der Waals surface area contributed by atoms with Gasteiger partial charge in [-0.3, -0.25) is 4.72 Å². The highest BCUT2D eigenvalue weighted by Gasteiger charge is 2.27. The van der Waals surface area contributed by atoms with E-state index in [1.807, 2.05) is 31.2 Å². The van der Waals surface area contributed by atoms with Crippen molar-refractivity contribution in [2.75, 3.05) is 49.5 Å². The van der Waals surface area contributed by atoms with Crippen LogP contribution in [0.2, 0.25) is 5.02 Å². The maximum atomic E-state index is 13.3. The smallest absolute Gasteiger partial charge is 0.271 e. The molecule has 0 amide bonds. The fraction of sp³-hybridized carbons (Fsp3) is 0.364. The number of sulfonamides is 1. The molecule has 6 nitrogen and oxygen atoms in total. The maximum absolute atomic E-state index is 13.3. The van der Waals surface area contributed by atoms with Crippen LogP contribution in [-0.4, -0.2) is 53.2 Å². The minimum atomic E-state index is -3.73. The number of thiophene rings is 1. The van der Waals surface area contributed by atoms with Gasteiger partial charge in [-0.2, -0.15) is 0 Å². The van der Waals surface area contributed by atoms with E-state index >= 15 is 0 Å². The number of nitrogens with zero attached hydrogens (tertiary/aromatic N) is 2. The highest BCUT2D eigenvalue weighted by molar-refractivity contribution is 7.94. The van der Waals surface area contributed by atoms with Gasteiger partial charge >= 0.3 is 0 Å². The van der Waals surface area contributed by atoms with Gasteiger partial charge in [-0.1, -0.05) is 11.6 Å². The van der Waals surface area contributed by atoms with E-state index in [0.29, 0.717) is 21.5 Å². The van der Waals surface area contributed by atoms with Crippen molar-refractivity contribution in [1.29, 1.82) is 0 Å². The van der Waals surface area contributed by atoms with Crippen molar-refractivity contribution in [2.45, 2.75) is 17.6 Å². The van der Waals surface area contributed by atoms with Crippen molar-refractivity contribution in [1.82, 2.24) is 4.90 Å². The van der Waals surface area contributed by atoms with Crippen LogP contribution in [0.5, 0.6) is 5.75 Å². The van der Waals surface area contributed by atoms with E-state index in [2.05, 4.69) is 21.6 Å². The molecule has 1 fully saturated rings. The van der Waals surface area contributed by atoms with Gasteiger partial charge in [-0.05, 0) is 55.3 Å². The van der Waals surface area contributed by atoms with Gasteiger partial charge in [0.1, 0.15) is 9.96 Å². The van der Waals surface area contributed by atoms with Gasteiger partial charge in [0.2, 0.25) is 0 Å². The molecule has 0 atom stereocenters. The van der Waals surface area contributed by atoms with Gasteiger partial charge in [0, 0.05) is 47.9 Å². The zero-order chi connectivity index (χ0) is 21.8. The van der Waals surface area contributed by atoms with E-state index in [1.165, 1.54) is 11.3 Å². The number of piperazine rings is 1. The fourth-order valence-corrected chi connectivity index (χ4v) is 7.22. The molecule has 1 N–H and O–H groups in total. The molecule has 164 valence electrons. The summed E-state index contributed by atoms with van der Waals surface area (Å²) >= 11 is 7.39.